The maximum Gasteiger partial charge on any atom is 0.242 e. The van der Waals surface area contributed by atoms with Gasteiger partial charge in [0.2, 0.25) is 15.9 Å². The quantitative estimate of drug-likeness (QED) is 0.783. The van der Waals surface area contributed by atoms with Crippen molar-refractivity contribution in [2.75, 3.05) is 14.1 Å². The molecule has 0 radical (unpaired) electrons. The van der Waals surface area contributed by atoms with Gasteiger partial charge in [-0.25, -0.2) is 12.7 Å². The highest BCUT2D eigenvalue weighted by Crippen LogP contribution is 2.23. The topological polar surface area (TPSA) is 66.5 Å². The summed E-state index contributed by atoms with van der Waals surface area (Å²) < 4.78 is 25.3. The van der Waals surface area contributed by atoms with E-state index < -0.39 is 10.0 Å². The molecule has 0 spiro atoms. The molecule has 0 heterocycles. The van der Waals surface area contributed by atoms with E-state index in [0.717, 1.165) is 15.4 Å². The van der Waals surface area contributed by atoms with Gasteiger partial charge >= 0.3 is 0 Å². The average molecular weight is 415 g/mol. The van der Waals surface area contributed by atoms with E-state index in [2.05, 4.69) is 5.32 Å². The largest absolute Gasteiger partial charge is 0.349 e. The van der Waals surface area contributed by atoms with E-state index in [-0.39, 0.29) is 23.3 Å². The summed E-state index contributed by atoms with van der Waals surface area (Å²) in [4.78, 5) is 12.4. The fourth-order valence-corrected chi connectivity index (χ4v) is 3.57. The molecule has 1 amide bonds. The Hall–Kier alpha value is -1.60. The number of hydrogen-bond donors (Lipinski definition) is 1. The molecule has 8 heteroatoms. The van der Waals surface area contributed by atoms with E-state index in [1.807, 2.05) is 6.92 Å². The summed E-state index contributed by atoms with van der Waals surface area (Å²) in [5.41, 5.74) is 1.57. The molecule has 0 aliphatic heterocycles. The summed E-state index contributed by atoms with van der Waals surface area (Å²) in [6.45, 7) is 1.84. The second kappa shape index (κ2) is 8.39. The second-order valence-corrected chi connectivity index (χ2v) is 9.04. The molecule has 1 N–H and O–H groups in total. The highest BCUT2D eigenvalue weighted by Gasteiger charge is 2.18. The van der Waals surface area contributed by atoms with Crippen LogP contribution < -0.4 is 5.32 Å². The maximum absolute atomic E-state index is 12.2. The van der Waals surface area contributed by atoms with Crippen molar-refractivity contribution in [2.24, 2.45) is 0 Å². The molecule has 26 heavy (non-hydrogen) atoms. The monoisotopic (exact) mass is 414 g/mol. The third-order valence-electron chi connectivity index (χ3n) is 3.88. The Morgan fingerprint density at radius 1 is 1.08 bits per heavy atom. The van der Waals surface area contributed by atoms with Crippen LogP contribution in [-0.2, 0) is 21.2 Å². The molecule has 0 saturated heterocycles. The highest BCUT2D eigenvalue weighted by atomic mass is 35.5. The smallest absolute Gasteiger partial charge is 0.242 e. The molecular formula is C18H20Cl2N2O3S. The van der Waals surface area contributed by atoms with Gasteiger partial charge in [0.05, 0.1) is 27.4 Å². The molecule has 0 saturated carbocycles. The standard InChI is InChI=1S/C18H20Cl2N2O3S/c1-12(14-5-7-15(8-6-14)26(24,25)22(2)3)21-18(23)11-13-4-9-16(19)17(20)10-13/h4-10,12H,11H2,1-3H3,(H,21,23). The van der Waals surface area contributed by atoms with Gasteiger partial charge in [0.15, 0.2) is 0 Å². The van der Waals surface area contributed by atoms with Gasteiger partial charge in [-0.2, -0.15) is 0 Å². The summed E-state index contributed by atoms with van der Waals surface area (Å²) in [5, 5.41) is 3.73. The van der Waals surface area contributed by atoms with Gasteiger partial charge in [0.25, 0.3) is 0 Å². The lowest BCUT2D eigenvalue weighted by Gasteiger charge is -2.16. The molecule has 0 aliphatic rings. The van der Waals surface area contributed by atoms with Crippen molar-refractivity contribution in [2.45, 2.75) is 24.3 Å². The van der Waals surface area contributed by atoms with Crippen LogP contribution in [0, 0.1) is 0 Å². The van der Waals surface area contributed by atoms with Gasteiger partial charge in [-0.05, 0) is 42.3 Å². The Bertz CT molecular complexity index is 897. The summed E-state index contributed by atoms with van der Waals surface area (Å²) in [6, 6.07) is 11.3. The van der Waals surface area contributed by atoms with Crippen LogP contribution in [0.15, 0.2) is 47.4 Å². The van der Waals surface area contributed by atoms with Crippen molar-refractivity contribution in [3.8, 4) is 0 Å². The number of nitrogens with zero attached hydrogens (tertiary/aromatic N) is 1. The fourth-order valence-electron chi connectivity index (χ4n) is 2.35. The first-order chi connectivity index (χ1) is 12.1. The van der Waals surface area contributed by atoms with Gasteiger partial charge in [0, 0.05) is 14.1 Å². The van der Waals surface area contributed by atoms with Crippen LogP contribution in [0.1, 0.15) is 24.1 Å². The van der Waals surface area contributed by atoms with Crippen LogP contribution in [0.25, 0.3) is 0 Å². The van der Waals surface area contributed by atoms with Gasteiger partial charge in [-0.1, -0.05) is 41.4 Å². The number of benzene rings is 2. The molecule has 140 valence electrons. The number of halogens is 2. The van der Waals surface area contributed by atoms with Crippen LogP contribution in [0.2, 0.25) is 10.0 Å². The minimum Gasteiger partial charge on any atom is -0.349 e. The van der Waals surface area contributed by atoms with Crippen LogP contribution in [-0.4, -0.2) is 32.7 Å². The van der Waals surface area contributed by atoms with Gasteiger partial charge < -0.3 is 5.32 Å². The normalized spacial score (nSPS) is 12.8. The first kappa shape index (κ1) is 20.7. The van der Waals surface area contributed by atoms with Crippen molar-refractivity contribution in [3.63, 3.8) is 0 Å². The van der Waals surface area contributed by atoms with E-state index in [1.54, 1.807) is 30.3 Å². The van der Waals surface area contributed by atoms with Crippen molar-refractivity contribution in [1.82, 2.24) is 9.62 Å². The molecule has 1 atom stereocenters. The Kier molecular flexibility index (Phi) is 6.69. The molecule has 2 aromatic rings. The minimum absolute atomic E-state index is 0.166. The van der Waals surface area contributed by atoms with Crippen LogP contribution in [0.5, 0.6) is 0 Å². The lowest BCUT2D eigenvalue weighted by Crippen LogP contribution is -2.28. The highest BCUT2D eigenvalue weighted by molar-refractivity contribution is 7.89. The van der Waals surface area contributed by atoms with Crippen molar-refractivity contribution in [3.05, 3.63) is 63.6 Å². The third kappa shape index (κ3) is 4.98. The average Bonchev–Trinajstić information content (AvgIpc) is 2.58. The Labute approximate surface area is 164 Å². The predicted octanol–water partition coefficient (Wildman–Crippen LogP) is 3.66. The first-order valence-corrected chi connectivity index (χ1v) is 10.1. The Balaban J connectivity index is 2.03. The summed E-state index contributed by atoms with van der Waals surface area (Å²) in [7, 11) is -0.506. The first-order valence-electron chi connectivity index (χ1n) is 7.87. The molecule has 0 aromatic heterocycles. The second-order valence-electron chi connectivity index (χ2n) is 6.07. The van der Waals surface area contributed by atoms with E-state index in [9.17, 15) is 13.2 Å². The van der Waals surface area contributed by atoms with Gasteiger partial charge in [-0.3, -0.25) is 4.79 Å². The summed E-state index contributed by atoms with van der Waals surface area (Å²) >= 11 is 11.8. The lowest BCUT2D eigenvalue weighted by molar-refractivity contribution is -0.121. The van der Waals surface area contributed by atoms with E-state index in [0.29, 0.717) is 10.0 Å². The van der Waals surface area contributed by atoms with E-state index in [4.69, 9.17) is 23.2 Å². The molecule has 1 unspecified atom stereocenters. The molecule has 5 nitrogen and oxygen atoms in total. The van der Waals surface area contributed by atoms with Crippen LogP contribution in [0.4, 0.5) is 0 Å². The van der Waals surface area contributed by atoms with Crippen molar-refractivity contribution < 1.29 is 13.2 Å². The SMILES string of the molecule is CC(NC(=O)Cc1ccc(Cl)c(Cl)c1)c1ccc(S(=O)(=O)N(C)C)cc1. The van der Waals surface area contributed by atoms with Crippen molar-refractivity contribution >= 4 is 39.1 Å². The number of carbonyl (C=O) groups is 1. The van der Waals surface area contributed by atoms with E-state index >= 15 is 0 Å². The molecule has 0 aliphatic carbocycles. The van der Waals surface area contributed by atoms with Crippen LogP contribution in [0.3, 0.4) is 0 Å². The molecule has 0 fully saturated rings. The Morgan fingerprint density at radius 2 is 1.69 bits per heavy atom. The summed E-state index contributed by atoms with van der Waals surface area (Å²) in [6.07, 6.45) is 0.175. The van der Waals surface area contributed by atoms with E-state index in [1.165, 1.54) is 26.2 Å². The predicted molar refractivity (Wildman–Crippen MR) is 104 cm³/mol. The molecule has 2 rings (SSSR count). The lowest BCUT2D eigenvalue weighted by atomic mass is 10.1. The number of carbonyl (C=O) groups excluding carboxylic acids is 1. The fraction of sp³-hybridized carbons (Fsp3) is 0.278. The van der Waals surface area contributed by atoms with Gasteiger partial charge in [0.1, 0.15) is 0 Å². The zero-order chi connectivity index (χ0) is 19.5. The molecule has 0 bridgehead atoms. The zero-order valence-corrected chi connectivity index (χ0v) is 17.0. The molecule has 2 aromatic carbocycles. The van der Waals surface area contributed by atoms with Crippen molar-refractivity contribution in [1.29, 1.82) is 0 Å². The maximum atomic E-state index is 12.2. The minimum atomic E-state index is -3.47. The number of amides is 1. The third-order valence-corrected chi connectivity index (χ3v) is 6.45. The number of nitrogens with one attached hydrogen (secondary N) is 1. The number of rotatable bonds is 6. The zero-order valence-electron chi connectivity index (χ0n) is 14.7. The number of sulfonamides is 1. The van der Waals surface area contributed by atoms with Gasteiger partial charge in [-0.15, -0.1) is 0 Å². The molecular weight excluding hydrogens is 395 g/mol. The Morgan fingerprint density at radius 3 is 2.23 bits per heavy atom. The number of hydrogen-bond acceptors (Lipinski definition) is 3. The summed E-state index contributed by atoms with van der Waals surface area (Å²) in [5.74, 6) is -0.166. The van der Waals surface area contributed by atoms with Crippen LogP contribution >= 0.6 is 23.2 Å².